The van der Waals surface area contributed by atoms with Crippen molar-refractivity contribution >= 4 is 5.91 Å². The third kappa shape index (κ3) is 3.76. The molecule has 4 nitrogen and oxygen atoms in total. The summed E-state index contributed by atoms with van der Waals surface area (Å²) in [7, 11) is 0. The molecule has 1 aliphatic rings. The molecule has 1 amide bonds. The number of hydrogen-bond donors (Lipinski definition) is 2. The van der Waals surface area contributed by atoms with Gasteiger partial charge in [0.2, 0.25) is 5.91 Å². The Bertz CT molecular complexity index is 237. The minimum absolute atomic E-state index is 0.0331. The number of hydrogen-bond acceptors (Lipinski definition) is 3. The molecule has 0 aliphatic carbocycles. The van der Waals surface area contributed by atoms with Gasteiger partial charge in [-0.1, -0.05) is 0 Å². The van der Waals surface area contributed by atoms with Crippen molar-refractivity contribution in [2.75, 3.05) is 13.1 Å². The van der Waals surface area contributed by atoms with Crippen LogP contribution in [0.5, 0.6) is 0 Å². The van der Waals surface area contributed by atoms with E-state index in [9.17, 15) is 4.79 Å². The van der Waals surface area contributed by atoms with Crippen LogP contribution in [0.4, 0.5) is 0 Å². The Labute approximate surface area is 98.6 Å². The molecule has 0 aromatic heterocycles. The summed E-state index contributed by atoms with van der Waals surface area (Å²) in [5, 5.41) is 3.00. The predicted octanol–water partition coefficient (Wildman–Crippen LogP) is 0.713. The van der Waals surface area contributed by atoms with Gasteiger partial charge >= 0.3 is 0 Å². The number of carbonyl (C=O) groups excluding carboxylic acids is 1. The predicted molar refractivity (Wildman–Crippen MR) is 66.1 cm³/mol. The molecule has 1 fully saturated rings. The van der Waals surface area contributed by atoms with Gasteiger partial charge in [0.25, 0.3) is 0 Å². The maximum absolute atomic E-state index is 11.4. The largest absolute Gasteiger partial charge is 0.352 e. The molecule has 1 saturated heterocycles. The van der Waals surface area contributed by atoms with E-state index in [0.29, 0.717) is 6.04 Å². The zero-order valence-corrected chi connectivity index (χ0v) is 10.9. The lowest BCUT2D eigenvalue weighted by atomic mass is 9.98. The minimum atomic E-state index is -0.402. The van der Waals surface area contributed by atoms with Crippen LogP contribution < -0.4 is 11.1 Å². The monoisotopic (exact) mass is 227 g/mol. The first kappa shape index (κ1) is 13.5. The summed E-state index contributed by atoms with van der Waals surface area (Å²) in [5.41, 5.74) is 5.76. The summed E-state index contributed by atoms with van der Waals surface area (Å²) < 4.78 is 0. The SMILES string of the molecule is CC(N)C(=O)NC1CCN(C(C)(C)C)CC1. The van der Waals surface area contributed by atoms with Gasteiger partial charge in [0.05, 0.1) is 6.04 Å². The molecular formula is C12H25N3O. The molecule has 0 spiro atoms. The molecular weight excluding hydrogens is 202 g/mol. The second-order valence-corrected chi connectivity index (χ2v) is 5.73. The lowest BCUT2D eigenvalue weighted by Gasteiger charge is -2.41. The maximum atomic E-state index is 11.4. The summed E-state index contributed by atoms with van der Waals surface area (Å²) in [4.78, 5) is 13.9. The molecule has 1 rings (SSSR count). The fourth-order valence-corrected chi connectivity index (χ4v) is 2.03. The first-order valence-electron chi connectivity index (χ1n) is 6.11. The molecule has 0 saturated carbocycles. The quantitative estimate of drug-likeness (QED) is 0.730. The molecule has 16 heavy (non-hydrogen) atoms. The fourth-order valence-electron chi connectivity index (χ4n) is 2.03. The van der Waals surface area contributed by atoms with E-state index in [0.717, 1.165) is 25.9 Å². The number of nitrogens with two attached hydrogens (primary N) is 1. The van der Waals surface area contributed by atoms with Crippen molar-refractivity contribution < 1.29 is 4.79 Å². The van der Waals surface area contributed by atoms with Gasteiger partial charge in [-0.15, -0.1) is 0 Å². The molecule has 1 atom stereocenters. The Morgan fingerprint density at radius 3 is 2.25 bits per heavy atom. The zero-order valence-electron chi connectivity index (χ0n) is 10.9. The summed E-state index contributed by atoms with van der Waals surface area (Å²) >= 11 is 0. The van der Waals surface area contributed by atoms with Crippen LogP contribution in [0.15, 0.2) is 0 Å². The minimum Gasteiger partial charge on any atom is -0.352 e. The van der Waals surface area contributed by atoms with Crippen LogP contribution in [-0.2, 0) is 4.79 Å². The van der Waals surface area contributed by atoms with Crippen LogP contribution in [0.2, 0.25) is 0 Å². The van der Waals surface area contributed by atoms with Crippen LogP contribution >= 0.6 is 0 Å². The Morgan fingerprint density at radius 2 is 1.88 bits per heavy atom. The molecule has 1 unspecified atom stereocenters. The van der Waals surface area contributed by atoms with Crippen LogP contribution in [0.25, 0.3) is 0 Å². The first-order valence-corrected chi connectivity index (χ1v) is 6.11. The Hall–Kier alpha value is -0.610. The van der Waals surface area contributed by atoms with Gasteiger partial charge in [0, 0.05) is 24.7 Å². The second-order valence-electron chi connectivity index (χ2n) is 5.73. The van der Waals surface area contributed by atoms with E-state index in [1.54, 1.807) is 6.92 Å². The third-order valence-electron chi connectivity index (χ3n) is 3.20. The maximum Gasteiger partial charge on any atom is 0.236 e. The van der Waals surface area contributed by atoms with Gasteiger partial charge in [0.15, 0.2) is 0 Å². The van der Waals surface area contributed by atoms with E-state index in [2.05, 4.69) is 31.0 Å². The molecule has 0 bridgehead atoms. The highest BCUT2D eigenvalue weighted by atomic mass is 16.2. The zero-order chi connectivity index (χ0) is 12.3. The smallest absolute Gasteiger partial charge is 0.236 e. The number of rotatable bonds is 2. The van der Waals surface area contributed by atoms with Crippen LogP contribution in [0.3, 0.4) is 0 Å². The van der Waals surface area contributed by atoms with Crippen LogP contribution in [0, 0.1) is 0 Å². The van der Waals surface area contributed by atoms with E-state index in [1.807, 2.05) is 0 Å². The van der Waals surface area contributed by atoms with E-state index in [1.165, 1.54) is 0 Å². The number of piperidine rings is 1. The van der Waals surface area contributed by atoms with Crippen molar-refractivity contribution in [1.82, 2.24) is 10.2 Å². The summed E-state index contributed by atoms with van der Waals surface area (Å²) in [5.74, 6) is -0.0331. The molecule has 1 heterocycles. The second kappa shape index (κ2) is 5.15. The van der Waals surface area contributed by atoms with Gasteiger partial charge in [-0.3, -0.25) is 9.69 Å². The number of likely N-dealkylation sites (tertiary alicyclic amines) is 1. The van der Waals surface area contributed by atoms with Crippen molar-refractivity contribution in [3.63, 3.8) is 0 Å². The van der Waals surface area contributed by atoms with Crippen molar-refractivity contribution in [2.45, 2.75) is 58.2 Å². The standard InChI is InChI=1S/C12H25N3O/c1-9(13)11(16)14-10-5-7-15(8-6-10)12(2,3)4/h9-10H,5-8,13H2,1-4H3,(H,14,16). The highest BCUT2D eigenvalue weighted by Gasteiger charge is 2.27. The fraction of sp³-hybridized carbons (Fsp3) is 0.917. The van der Waals surface area contributed by atoms with Gasteiger partial charge in [-0.2, -0.15) is 0 Å². The summed E-state index contributed by atoms with van der Waals surface area (Å²) in [6.45, 7) is 10.5. The van der Waals surface area contributed by atoms with Crippen molar-refractivity contribution in [1.29, 1.82) is 0 Å². The number of nitrogens with one attached hydrogen (secondary N) is 1. The van der Waals surface area contributed by atoms with E-state index in [4.69, 9.17) is 5.73 Å². The summed E-state index contributed by atoms with van der Waals surface area (Å²) in [6, 6.07) is -0.0993. The van der Waals surface area contributed by atoms with Crippen molar-refractivity contribution in [3.05, 3.63) is 0 Å². The number of carbonyl (C=O) groups is 1. The van der Waals surface area contributed by atoms with Gasteiger partial charge < -0.3 is 11.1 Å². The molecule has 94 valence electrons. The van der Waals surface area contributed by atoms with E-state index in [-0.39, 0.29) is 11.4 Å². The summed E-state index contributed by atoms with van der Waals surface area (Å²) in [6.07, 6.45) is 2.05. The van der Waals surface area contributed by atoms with Gasteiger partial charge in [-0.05, 0) is 40.5 Å². The van der Waals surface area contributed by atoms with E-state index >= 15 is 0 Å². The molecule has 0 aromatic rings. The Morgan fingerprint density at radius 1 is 1.38 bits per heavy atom. The molecule has 3 N–H and O–H groups in total. The molecule has 4 heteroatoms. The van der Waals surface area contributed by atoms with Crippen molar-refractivity contribution in [3.8, 4) is 0 Å². The van der Waals surface area contributed by atoms with E-state index < -0.39 is 6.04 Å². The topological polar surface area (TPSA) is 58.4 Å². The highest BCUT2D eigenvalue weighted by Crippen LogP contribution is 2.19. The average molecular weight is 227 g/mol. The average Bonchev–Trinajstić information content (AvgIpc) is 2.17. The Balaban J connectivity index is 2.35. The van der Waals surface area contributed by atoms with Crippen LogP contribution in [0.1, 0.15) is 40.5 Å². The van der Waals surface area contributed by atoms with Gasteiger partial charge in [0.1, 0.15) is 0 Å². The van der Waals surface area contributed by atoms with Crippen LogP contribution in [-0.4, -0.2) is 41.5 Å². The molecule has 0 aromatic carbocycles. The first-order chi connectivity index (χ1) is 7.30. The third-order valence-corrected chi connectivity index (χ3v) is 3.20. The lowest BCUT2D eigenvalue weighted by molar-refractivity contribution is -0.123. The molecule has 0 radical (unpaired) electrons. The number of nitrogens with zero attached hydrogens (tertiary/aromatic N) is 1. The Kier molecular flexibility index (Phi) is 4.33. The van der Waals surface area contributed by atoms with Gasteiger partial charge in [-0.25, -0.2) is 0 Å². The van der Waals surface area contributed by atoms with Crippen molar-refractivity contribution in [2.24, 2.45) is 5.73 Å². The lowest BCUT2D eigenvalue weighted by Crippen LogP contribution is -2.52. The normalized spacial score (nSPS) is 21.8. The molecule has 1 aliphatic heterocycles. The highest BCUT2D eigenvalue weighted by molar-refractivity contribution is 5.81. The number of amides is 1.